The summed E-state index contributed by atoms with van der Waals surface area (Å²) in [6, 6.07) is 5.42. The van der Waals surface area contributed by atoms with Crippen LogP contribution in [0.1, 0.15) is 51.3 Å². The topological polar surface area (TPSA) is 42.4 Å². The van der Waals surface area contributed by atoms with Gasteiger partial charge in [0, 0.05) is 12.1 Å². The van der Waals surface area contributed by atoms with E-state index in [0.717, 1.165) is 29.8 Å². The van der Waals surface area contributed by atoms with Gasteiger partial charge < -0.3 is 10.2 Å². The number of hydrogen-bond donors (Lipinski definition) is 1. The van der Waals surface area contributed by atoms with Crippen LogP contribution >= 0.6 is 15.9 Å². The number of nitrogens with zero attached hydrogens (tertiary/aromatic N) is 1. The largest absolute Gasteiger partial charge is 0.453 e. The fraction of sp³-hybridized carbons (Fsp3) is 0.714. The molecule has 1 saturated carbocycles. The molecular weight excluding hydrogens is 292 g/mol. The van der Waals surface area contributed by atoms with Gasteiger partial charge in [0.2, 0.25) is 0 Å². The van der Waals surface area contributed by atoms with Gasteiger partial charge >= 0.3 is 0 Å². The van der Waals surface area contributed by atoms with Crippen molar-refractivity contribution < 1.29 is 4.42 Å². The Morgan fingerprint density at radius 3 is 2.56 bits per heavy atom. The summed E-state index contributed by atoms with van der Waals surface area (Å²) in [5, 5.41) is 0. The minimum Gasteiger partial charge on any atom is -0.453 e. The highest BCUT2D eigenvalue weighted by Crippen LogP contribution is 2.31. The van der Waals surface area contributed by atoms with Crippen LogP contribution in [-0.2, 0) is 0 Å². The van der Waals surface area contributed by atoms with Crippen molar-refractivity contribution in [3.63, 3.8) is 0 Å². The van der Waals surface area contributed by atoms with Gasteiger partial charge in [0.25, 0.3) is 0 Å². The monoisotopic (exact) mass is 314 g/mol. The first kappa shape index (κ1) is 14.1. The number of hydrogen-bond acceptors (Lipinski definition) is 3. The third-order valence-corrected chi connectivity index (χ3v) is 4.50. The first-order valence-electron chi connectivity index (χ1n) is 6.88. The van der Waals surface area contributed by atoms with Crippen LogP contribution in [0.4, 0.5) is 0 Å². The van der Waals surface area contributed by atoms with Crippen molar-refractivity contribution in [2.24, 2.45) is 5.73 Å². The number of furan rings is 1. The molecule has 0 spiro atoms. The average Bonchev–Trinajstić information content (AvgIpc) is 2.79. The average molecular weight is 315 g/mol. The van der Waals surface area contributed by atoms with Crippen molar-refractivity contribution in [3.8, 4) is 0 Å². The van der Waals surface area contributed by atoms with Gasteiger partial charge in [0.05, 0.1) is 6.04 Å². The van der Waals surface area contributed by atoms with Crippen molar-refractivity contribution in [1.29, 1.82) is 0 Å². The van der Waals surface area contributed by atoms with Crippen molar-refractivity contribution in [2.45, 2.75) is 57.7 Å². The van der Waals surface area contributed by atoms with Gasteiger partial charge in [-0.2, -0.15) is 0 Å². The van der Waals surface area contributed by atoms with Crippen LogP contribution in [0.15, 0.2) is 21.2 Å². The van der Waals surface area contributed by atoms with Gasteiger partial charge in [-0.25, -0.2) is 0 Å². The Labute approximate surface area is 118 Å². The molecule has 2 rings (SSSR count). The van der Waals surface area contributed by atoms with Crippen molar-refractivity contribution in [2.75, 3.05) is 6.54 Å². The van der Waals surface area contributed by atoms with Crippen LogP contribution in [0.2, 0.25) is 0 Å². The van der Waals surface area contributed by atoms with E-state index >= 15 is 0 Å². The third-order valence-electron chi connectivity index (χ3n) is 4.08. The highest BCUT2D eigenvalue weighted by Gasteiger charge is 2.28. The zero-order valence-corrected chi connectivity index (χ0v) is 12.8. The third kappa shape index (κ3) is 3.16. The smallest absolute Gasteiger partial charge is 0.169 e. The van der Waals surface area contributed by atoms with Crippen molar-refractivity contribution in [3.05, 3.63) is 22.6 Å². The number of rotatable bonds is 4. The molecule has 1 aliphatic rings. The van der Waals surface area contributed by atoms with Crippen LogP contribution in [0.25, 0.3) is 0 Å². The lowest BCUT2D eigenvalue weighted by molar-refractivity contribution is 0.102. The van der Waals surface area contributed by atoms with Gasteiger partial charge in [-0.05, 0) is 67.2 Å². The Hall–Kier alpha value is -0.320. The second-order valence-electron chi connectivity index (χ2n) is 5.22. The molecule has 3 nitrogen and oxygen atoms in total. The summed E-state index contributed by atoms with van der Waals surface area (Å²) in [4.78, 5) is 2.54. The molecule has 0 aliphatic heterocycles. The quantitative estimate of drug-likeness (QED) is 0.921. The fourth-order valence-corrected chi connectivity index (χ4v) is 3.32. The number of nitrogens with two attached hydrogens (primary N) is 1. The van der Waals surface area contributed by atoms with Crippen molar-refractivity contribution in [1.82, 2.24) is 4.90 Å². The zero-order valence-electron chi connectivity index (χ0n) is 11.2. The van der Waals surface area contributed by atoms with Crippen LogP contribution in [0, 0.1) is 0 Å². The summed E-state index contributed by atoms with van der Waals surface area (Å²) in [6.45, 7) is 5.51. The van der Waals surface area contributed by atoms with Gasteiger partial charge in [0.15, 0.2) is 4.67 Å². The molecule has 0 radical (unpaired) electrons. The predicted molar refractivity (Wildman–Crippen MR) is 77.4 cm³/mol. The molecule has 1 fully saturated rings. The summed E-state index contributed by atoms with van der Waals surface area (Å²) >= 11 is 3.37. The highest BCUT2D eigenvalue weighted by molar-refractivity contribution is 9.10. The maximum Gasteiger partial charge on any atom is 0.169 e. The Morgan fingerprint density at radius 1 is 1.39 bits per heavy atom. The van der Waals surface area contributed by atoms with E-state index in [-0.39, 0.29) is 0 Å². The van der Waals surface area contributed by atoms with Gasteiger partial charge in [-0.1, -0.05) is 6.92 Å². The van der Waals surface area contributed by atoms with Gasteiger partial charge in [0.1, 0.15) is 5.76 Å². The van der Waals surface area contributed by atoms with E-state index in [1.807, 2.05) is 6.07 Å². The molecule has 2 N–H and O–H groups in total. The minimum atomic E-state index is 0.334. The second-order valence-corrected chi connectivity index (χ2v) is 6.00. The first-order chi connectivity index (χ1) is 8.61. The second kappa shape index (κ2) is 6.22. The zero-order chi connectivity index (χ0) is 13.1. The van der Waals surface area contributed by atoms with Gasteiger partial charge in [-0.3, -0.25) is 4.90 Å². The van der Waals surface area contributed by atoms with Crippen LogP contribution < -0.4 is 5.73 Å². The van der Waals surface area contributed by atoms with Crippen LogP contribution in [-0.4, -0.2) is 23.5 Å². The van der Waals surface area contributed by atoms with E-state index in [4.69, 9.17) is 10.2 Å². The lowest BCUT2D eigenvalue weighted by Gasteiger charge is -2.38. The highest BCUT2D eigenvalue weighted by atomic mass is 79.9. The predicted octanol–water partition coefficient (Wildman–Crippen LogP) is 3.69. The number of halogens is 1. The maximum absolute atomic E-state index is 5.99. The van der Waals surface area contributed by atoms with E-state index in [2.05, 4.69) is 40.7 Å². The molecule has 0 bridgehead atoms. The summed E-state index contributed by atoms with van der Waals surface area (Å²) in [5.74, 6) is 1.04. The Morgan fingerprint density at radius 2 is 2.06 bits per heavy atom. The SMILES string of the molecule is CCN(C1CCC(N)CC1)C(C)c1ccc(Br)o1. The van der Waals surface area contributed by atoms with Crippen LogP contribution in [0.5, 0.6) is 0 Å². The molecule has 1 unspecified atom stereocenters. The molecule has 1 aromatic heterocycles. The molecule has 1 aromatic rings. The molecule has 102 valence electrons. The molecule has 1 aliphatic carbocycles. The molecule has 0 amide bonds. The van der Waals surface area contributed by atoms with Crippen LogP contribution in [0.3, 0.4) is 0 Å². The molecule has 0 saturated heterocycles. The Bertz CT molecular complexity index is 372. The minimum absolute atomic E-state index is 0.334. The van der Waals surface area contributed by atoms with E-state index in [1.165, 1.54) is 12.8 Å². The Kier molecular flexibility index (Phi) is 4.87. The summed E-state index contributed by atoms with van der Waals surface area (Å²) in [5.41, 5.74) is 5.99. The van der Waals surface area contributed by atoms with E-state index in [1.54, 1.807) is 0 Å². The summed E-state index contributed by atoms with van der Waals surface area (Å²) in [7, 11) is 0. The molecule has 18 heavy (non-hydrogen) atoms. The Balaban J connectivity index is 2.03. The van der Waals surface area contributed by atoms with E-state index < -0.39 is 0 Å². The lowest BCUT2D eigenvalue weighted by atomic mass is 9.90. The standard InChI is InChI=1S/C14H23BrN2O/c1-3-17(12-6-4-11(16)5-7-12)10(2)13-8-9-14(15)18-13/h8-12H,3-7,16H2,1-2H3. The lowest BCUT2D eigenvalue weighted by Crippen LogP contribution is -2.42. The van der Waals surface area contributed by atoms with Crippen molar-refractivity contribution >= 4 is 15.9 Å². The molecular formula is C14H23BrN2O. The molecule has 0 aromatic carbocycles. The first-order valence-corrected chi connectivity index (χ1v) is 7.67. The summed E-state index contributed by atoms with van der Waals surface area (Å²) < 4.78 is 6.50. The van der Waals surface area contributed by atoms with E-state index in [0.29, 0.717) is 18.1 Å². The molecule has 4 heteroatoms. The van der Waals surface area contributed by atoms with E-state index in [9.17, 15) is 0 Å². The summed E-state index contributed by atoms with van der Waals surface area (Å²) in [6.07, 6.45) is 4.72. The normalized spacial score (nSPS) is 26.5. The fourth-order valence-electron chi connectivity index (χ4n) is 3.00. The maximum atomic E-state index is 5.99. The molecule has 1 atom stereocenters. The van der Waals surface area contributed by atoms with Gasteiger partial charge in [-0.15, -0.1) is 0 Å². The molecule has 1 heterocycles.